The molecule has 30 heavy (non-hydrogen) atoms. The van der Waals surface area contributed by atoms with Crippen LogP contribution in [0.2, 0.25) is 0 Å². The summed E-state index contributed by atoms with van der Waals surface area (Å²) >= 11 is 1.09. The average Bonchev–Trinajstić information content (AvgIpc) is 3.05. The monoisotopic (exact) mass is 449 g/mol. The van der Waals surface area contributed by atoms with Crippen molar-refractivity contribution >= 4 is 50.8 Å². The number of carbonyl (C=O) groups is 1. The van der Waals surface area contributed by atoms with Crippen LogP contribution in [-0.2, 0) is 14.8 Å². The van der Waals surface area contributed by atoms with Crippen molar-refractivity contribution < 1.29 is 17.7 Å². The number of amides is 1. The van der Waals surface area contributed by atoms with Crippen molar-refractivity contribution in [2.45, 2.75) is 29.1 Å². The molecule has 3 aromatic rings. The summed E-state index contributed by atoms with van der Waals surface area (Å²) in [4.78, 5) is 20.5. The summed E-state index contributed by atoms with van der Waals surface area (Å²) in [6.45, 7) is 3.32. The molecular formula is C17H19N7O4S2. The maximum Gasteiger partial charge on any atom is 0.263 e. The van der Waals surface area contributed by atoms with Crippen LogP contribution >= 0.6 is 11.8 Å². The molecule has 0 spiro atoms. The molecule has 0 aliphatic rings. The third-order valence-corrected chi connectivity index (χ3v) is 6.03. The summed E-state index contributed by atoms with van der Waals surface area (Å²) < 4.78 is 31.9. The molecule has 3 rings (SSSR count). The van der Waals surface area contributed by atoms with Gasteiger partial charge in [0.15, 0.2) is 11.0 Å². The van der Waals surface area contributed by atoms with Gasteiger partial charge in [0, 0.05) is 17.8 Å². The van der Waals surface area contributed by atoms with E-state index in [9.17, 15) is 13.2 Å². The predicted molar refractivity (Wildman–Crippen MR) is 113 cm³/mol. The zero-order valence-electron chi connectivity index (χ0n) is 16.0. The van der Waals surface area contributed by atoms with Crippen molar-refractivity contribution in [3.63, 3.8) is 0 Å². The fraction of sp³-hybridized carbons (Fsp3) is 0.176. The lowest BCUT2D eigenvalue weighted by Gasteiger charge is -2.12. The van der Waals surface area contributed by atoms with Crippen LogP contribution in [0.25, 0.3) is 0 Å². The molecule has 1 unspecified atom stereocenters. The van der Waals surface area contributed by atoms with E-state index in [0.29, 0.717) is 11.4 Å². The number of anilines is 4. The Morgan fingerprint density at radius 3 is 2.33 bits per heavy atom. The molecule has 1 aromatic carbocycles. The number of thioether (sulfide) groups is 1. The summed E-state index contributed by atoms with van der Waals surface area (Å²) in [6, 6.07) is 8.57. The predicted octanol–water partition coefficient (Wildman–Crippen LogP) is 1.86. The second kappa shape index (κ2) is 8.59. The van der Waals surface area contributed by atoms with E-state index in [-0.39, 0.29) is 33.4 Å². The number of nitrogens with two attached hydrogens (primary N) is 2. The third kappa shape index (κ3) is 5.39. The molecule has 2 heterocycles. The first-order chi connectivity index (χ1) is 14.1. The highest BCUT2D eigenvalue weighted by molar-refractivity contribution is 8.00. The minimum Gasteiger partial charge on any atom is -0.383 e. The SMILES string of the molecule is Cc1cc(NS(=O)(=O)c2ccc(NC(=O)C(C)Sc3nc(N)cc(N)n3)cc2)no1. The molecule has 0 fully saturated rings. The number of rotatable bonds is 7. The molecule has 11 nitrogen and oxygen atoms in total. The molecule has 2 aromatic heterocycles. The first-order valence-electron chi connectivity index (χ1n) is 8.56. The van der Waals surface area contributed by atoms with Crippen molar-refractivity contribution in [1.29, 1.82) is 0 Å². The van der Waals surface area contributed by atoms with E-state index in [2.05, 4.69) is 25.2 Å². The minimum atomic E-state index is -3.84. The maximum atomic E-state index is 12.4. The Kier molecular flexibility index (Phi) is 6.12. The van der Waals surface area contributed by atoms with Crippen LogP contribution in [-0.4, -0.2) is 34.7 Å². The van der Waals surface area contributed by atoms with Crippen molar-refractivity contribution in [3.8, 4) is 0 Å². The smallest absolute Gasteiger partial charge is 0.263 e. The first-order valence-corrected chi connectivity index (χ1v) is 10.9. The van der Waals surface area contributed by atoms with E-state index < -0.39 is 15.3 Å². The van der Waals surface area contributed by atoms with Gasteiger partial charge in [-0.1, -0.05) is 16.9 Å². The second-order valence-corrected chi connectivity index (χ2v) is 9.19. The number of nitrogen functional groups attached to an aromatic ring is 2. The molecule has 0 saturated carbocycles. The summed E-state index contributed by atoms with van der Waals surface area (Å²) in [5.41, 5.74) is 11.7. The van der Waals surface area contributed by atoms with E-state index in [1.165, 1.54) is 36.4 Å². The Balaban J connectivity index is 1.63. The van der Waals surface area contributed by atoms with E-state index in [1.54, 1.807) is 13.8 Å². The number of hydrogen-bond acceptors (Lipinski definition) is 10. The lowest BCUT2D eigenvalue weighted by Crippen LogP contribution is -2.23. The quantitative estimate of drug-likeness (QED) is 0.307. The fourth-order valence-electron chi connectivity index (χ4n) is 2.30. The Morgan fingerprint density at radius 2 is 1.77 bits per heavy atom. The maximum absolute atomic E-state index is 12.4. The van der Waals surface area contributed by atoms with Crippen LogP contribution < -0.4 is 21.5 Å². The highest BCUT2D eigenvalue weighted by Crippen LogP contribution is 2.23. The fourth-order valence-corrected chi connectivity index (χ4v) is 4.08. The lowest BCUT2D eigenvalue weighted by molar-refractivity contribution is -0.115. The standard InChI is InChI=1S/C17H19N7O4S2/c1-9-7-15(23-28-9)24-30(26,27)12-5-3-11(4-6-12)20-16(25)10(2)29-17-21-13(18)8-14(19)22-17/h3-8,10H,1-2H3,(H,20,25)(H,23,24)(H4,18,19,21,22). The van der Waals surface area contributed by atoms with Gasteiger partial charge in [0.25, 0.3) is 10.0 Å². The van der Waals surface area contributed by atoms with Gasteiger partial charge in [-0.15, -0.1) is 0 Å². The third-order valence-electron chi connectivity index (χ3n) is 3.70. The van der Waals surface area contributed by atoms with Gasteiger partial charge < -0.3 is 21.3 Å². The molecule has 0 aliphatic carbocycles. The van der Waals surface area contributed by atoms with Gasteiger partial charge in [-0.3, -0.25) is 9.52 Å². The van der Waals surface area contributed by atoms with Crippen molar-refractivity contribution in [2.24, 2.45) is 0 Å². The van der Waals surface area contributed by atoms with E-state index in [4.69, 9.17) is 16.0 Å². The minimum absolute atomic E-state index is 0.00668. The summed E-state index contributed by atoms with van der Waals surface area (Å²) in [7, 11) is -3.84. The van der Waals surface area contributed by atoms with Gasteiger partial charge in [-0.05, 0) is 38.1 Å². The molecule has 158 valence electrons. The van der Waals surface area contributed by atoms with Crippen LogP contribution in [0.15, 0.2) is 51.0 Å². The van der Waals surface area contributed by atoms with Gasteiger partial charge in [0.2, 0.25) is 5.91 Å². The number of nitrogens with one attached hydrogen (secondary N) is 2. The topological polar surface area (TPSA) is 179 Å². The number of aryl methyl sites for hydroxylation is 1. The molecule has 6 N–H and O–H groups in total. The van der Waals surface area contributed by atoms with Gasteiger partial charge in [0.1, 0.15) is 17.4 Å². The van der Waals surface area contributed by atoms with E-state index in [1.807, 2.05) is 0 Å². The Bertz CT molecular complexity index is 1140. The highest BCUT2D eigenvalue weighted by Gasteiger charge is 2.19. The lowest BCUT2D eigenvalue weighted by atomic mass is 10.3. The summed E-state index contributed by atoms with van der Waals surface area (Å²) in [6.07, 6.45) is 0. The number of benzene rings is 1. The van der Waals surface area contributed by atoms with Gasteiger partial charge in [-0.25, -0.2) is 18.4 Å². The van der Waals surface area contributed by atoms with Crippen LogP contribution in [0.4, 0.5) is 23.1 Å². The molecular weight excluding hydrogens is 430 g/mol. The van der Waals surface area contributed by atoms with Gasteiger partial charge >= 0.3 is 0 Å². The number of nitrogens with zero attached hydrogens (tertiary/aromatic N) is 3. The normalized spacial score (nSPS) is 12.3. The van der Waals surface area contributed by atoms with E-state index in [0.717, 1.165) is 11.8 Å². The summed E-state index contributed by atoms with van der Waals surface area (Å²) in [5, 5.41) is 6.03. The van der Waals surface area contributed by atoms with Gasteiger partial charge in [0.05, 0.1) is 10.1 Å². The molecule has 0 aliphatic heterocycles. The van der Waals surface area contributed by atoms with E-state index >= 15 is 0 Å². The zero-order valence-corrected chi connectivity index (χ0v) is 17.6. The summed E-state index contributed by atoms with van der Waals surface area (Å²) in [5.74, 6) is 0.660. The number of carbonyl (C=O) groups excluding carboxylic acids is 1. The first kappa shape index (κ1) is 21.4. The Labute approximate surface area is 176 Å². The molecule has 0 bridgehead atoms. The number of sulfonamides is 1. The molecule has 0 radical (unpaired) electrons. The van der Waals surface area contributed by atoms with Crippen LogP contribution in [0.5, 0.6) is 0 Å². The average molecular weight is 450 g/mol. The van der Waals surface area contributed by atoms with Crippen molar-refractivity contribution in [1.82, 2.24) is 15.1 Å². The number of aromatic nitrogens is 3. The Hall–Kier alpha value is -3.32. The van der Waals surface area contributed by atoms with Crippen LogP contribution in [0.3, 0.4) is 0 Å². The highest BCUT2D eigenvalue weighted by atomic mass is 32.2. The second-order valence-electron chi connectivity index (χ2n) is 6.20. The van der Waals surface area contributed by atoms with Crippen LogP contribution in [0.1, 0.15) is 12.7 Å². The van der Waals surface area contributed by atoms with Crippen molar-refractivity contribution in [2.75, 3.05) is 21.5 Å². The van der Waals surface area contributed by atoms with Crippen LogP contribution in [0, 0.1) is 6.92 Å². The Morgan fingerprint density at radius 1 is 1.13 bits per heavy atom. The van der Waals surface area contributed by atoms with Gasteiger partial charge in [-0.2, -0.15) is 0 Å². The number of hydrogen-bond donors (Lipinski definition) is 4. The molecule has 13 heteroatoms. The molecule has 1 atom stereocenters. The molecule has 1 amide bonds. The molecule has 0 saturated heterocycles. The largest absolute Gasteiger partial charge is 0.383 e. The van der Waals surface area contributed by atoms with Crippen molar-refractivity contribution in [3.05, 3.63) is 42.2 Å². The zero-order chi connectivity index (χ0) is 21.9.